The summed E-state index contributed by atoms with van der Waals surface area (Å²) in [7, 11) is 0. The number of hydrogen-bond donors (Lipinski definition) is 1. The predicted octanol–water partition coefficient (Wildman–Crippen LogP) is 2.26. The number of rotatable bonds is 0. The van der Waals surface area contributed by atoms with E-state index in [1.165, 1.54) is 0 Å². The van der Waals surface area contributed by atoms with Crippen LogP contribution >= 0.6 is 15.9 Å². The molecule has 0 spiro atoms. The summed E-state index contributed by atoms with van der Waals surface area (Å²) in [5.41, 5.74) is 0.885. The number of para-hydroxylation sites is 1. The van der Waals surface area contributed by atoms with E-state index in [2.05, 4.69) is 15.9 Å². The Morgan fingerprint density at radius 3 is 3.08 bits per heavy atom. The molecule has 0 bridgehead atoms. The predicted molar refractivity (Wildman–Crippen MR) is 49.2 cm³/mol. The summed E-state index contributed by atoms with van der Waals surface area (Å²) in [6, 6.07) is 5.71. The molecule has 12 heavy (non-hydrogen) atoms. The van der Waals surface area contributed by atoms with Crippen molar-refractivity contribution in [3.63, 3.8) is 0 Å². The van der Waals surface area contributed by atoms with Crippen LogP contribution in [0.1, 0.15) is 18.1 Å². The highest BCUT2D eigenvalue weighted by Gasteiger charge is 2.20. The first-order valence-corrected chi connectivity index (χ1v) is 4.67. The van der Waals surface area contributed by atoms with Gasteiger partial charge in [0.1, 0.15) is 5.75 Å². The highest BCUT2D eigenvalue weighted by atomic mass is 79.9. The van der Waals surface area contributed by atoms with Gasteiger partial charge in [0.25, 0.3) is 0 Å². The quantitative estimate of drug-likeness (QED) is 0.739. The van der Waals surface area contributed by atoms with E-state index >= 15 is 0 Å². The van der Waals surface area contributed by atoms with Gasteiger partial charge in [0, 0.05) is 12.0 Å². The second kappa shape index (κ2) is 3.07. The maximum Gasteiger partial charge on any atom is 0.139 e. The van der Waals surface area contributed by atoms with Crippen LogP contribution in [0.2, 0.25) is 0 Å². The van der Waals surface area contributed by atoms with E-state index in [0.717, 1.165) is 15.8 Å². The number of aliphatic hydroxyl groups is 1. The van der Waals surface area contributed by atoms with Gasteiger partial charge in [-0.05, 0) is 22.0 Å². The van der Waals surface area contributed by atoms with E-state index in [-0.39, 0.29) is 6.10 Å². The van der Waals surface area contributed by atoms with Crippen molar-refractivity contribution in [2.75, 3.05) is 6.61 Å². The zero-order valence-electron chi connectivity index (χ0n) is 6.46. The number of benzene rings is 1. The summed E-state index contributed by atoms with van der Waals surface area (Å²) >= 11 is 3.37. The lowest BCUT2D eigenvalue weighted by molar-refractivity contribution is 0.115. The van der Waals surface area contributed by atoms with Gasteiger partial charge in [-0.25, -0.2) is 0 Å². The Kier molecular flexibility index (Phi) is 2.07. The van der Waals surface area contributed by atoms with E-state index in [4.69, 9.17) is 4.74 Å². The number of halogens is 1. The molecule has 1 heterocycles. The third-order valence-electron chi connectivity index (χ3n) is 1.99. The normalized spacial score (nSPS) is 21.3. The molecule has 0 amide bonds. The third kappa shape index (κ3) is 1.23. The molecule has 0 saturated carbocycles. The van der Waals surface area contributed by atoms with Crippen LogP contribution in [0.25, 0.3) is 0 Å². The van der Waals surface area contributed by atoms with E-state index in [9.17, 15) is 5.11 Å². The maximum absolute atomic E-state index is 9.58. The van der Waals surface area contributed by atoms with Crippen LogP contribution in [0.3, 0.4) is 0 Å². The molecule has 2 rings (SSSR count). The van der Waals surface area contributed by atoms with Crippen molar-refractivity contribution in [3.8, 4) is 5.75 Å². The lowest BCUT2D eigenvalue weighted by Gasteiger charge is -2.22. The molecule has 1 N–H and O–H groups in total. The second-order valence-corrected chi connectivity index (χ2v) is 3.67. The number of aliphatic hydroxyl groups excluding tert-OH is 1. The van der Waals surface area contributed by atoms with Gasteiger partial charge in [0.2, 0.25) is 0 Å². The van der Waals surface area contributed by atoms with Gasteiger partial charge >= 0.3 is 0 Å². The summed E-state index contributed by atoms with van der Waals surface area (Å²) in [6.07, 6.45) is 0.315. The summed E-state index contributed by atoms with van der Waals surface area (Å²) in [5.74, 6) is 0.788. The molecular formula is C9H9BrO2. The van der Waals surface area contributed by atoms with Gasteiger partial charge in [-0.15, -0.1) is 0 Å². The molecule has 0 radical (unpaired) electrons. The van der Waals surface area contributed by atoms with Crippen molar-refractivity contribution in [1.29, 1.82) is 0 Å². The molecule has 0 aromatic heterocycles. The van der Waals surface area contributed by atoms with Gasteiger partial charge in [0.15, 0.2) is 0 Å². The van der Waals surface area contributed by atoms with Gasteiger partial charge in [0.05, 0.1) is 17.2 Å². The van der Waals surface area contributed by atoms with Crippen molar-refractivity contribution in [3.05, 3.63) is 28.2 Å². The Bertz CT molecular complexity index is 299. The summed E-state index contributed by atoms with van der Waals surface area (Å²) in [5, 5.41) is 9.58. The Morgan fingerprint density at radius 2 is 2.33 bits per heavy atom. The van der Waals surface area contributed by atoms with E-state index < -0.39 is 0 Å². The molecule has 3 heteroatoms. The second-order valence-electron chi connectivity index (χ2n) is 2.81. The Hall–Kier alpha value is -0.540. The fourth-order valence-electron chi connectivity index (χ4n) is 1.37. The molecule has 0 unspecified atom stereocenters. The summed E-state index contributed by atoms with van der Waals surface area (Å²) in [6.45, 7) is 0.594. The van der Waals surface area contributed by atoms with Crippen molar-refractivity contribution in [2.24, 2.45) is 0 Å². The molecule has 1 aliphatic heterocycles. The van der Waals surface area contributed by atoms with Crippen molar-refractivity contribution in [2.45, 2.75) is 12.5 Å². The molecule has 1 aromatic carbocycles. The monoisotopic (exact) mass is 228 g/mol. The fourth-order valence-corrected chi connectivity index (χ4v) is 1.86. The molecule has 64 valence electrons. The Labute approximate surface area is 79.3 Å². The van der Waals surface area contributed by atoms with Crippen LogP contribution in [0.4, 0.5) is 0 Å². The van der Waals surface area contributed by atoms with Gasteiger partial charge in [-0.1, -0.05) is 12.1 Å². The van der Waals surface area contributed by atoms with Crippen molar-refractivity contribution in [1.82, 2.24) is 0 Å². The van der Waals surface area contributed by atoms with Crippen LogP contribution < -0.4 is 4.74 Å². The first-order chi connectivity index (χ1) is 5.79. The average molecular weight is 229 g/mol. The lowest BCUT2D eigenvalue weighted by atomic mass is 10.0. The molecule has 0 aliphatic carbocycles. The van der Waals surface area contributed by atoms with Crippen LogP contribution in [-0.4, -0.2) is 11.7 Å². The SMILES string of the molecule is O[C@@H]1CCOc2c(Br)cccc21. The molecule has 1 aromatic rings. The first-order valence-electron chi connectivity index (χ1n) is 3.88. The van der Waals surface area contributed by atoms with E-state index in [1.54, 1.807) is 0 Å². The summed E-state index contributed by atoms with van der Waals surface area (Å²) < 4.78 is 6.33. The average Bonchev–Trinajstić information content (AvgIpc) is 2.07. The Balaban J connectivity index is 2.52. The zero-order chi connectivity index (χ0) is 8.55. The molecule has 0 saturated heterocycles. The summed E-state index contributed by atoms with van der Waals surface area (Å²) in [4.78, 5) is 0. The smallest absolute Gasteiger partial charge is 0.139 e. The molecule has 2 nitrogen and oxygen atoms in total. The van der Waals surface area contributed by atoms with Crippen LogP contribution in [0.5, 0.6) is 5.75 Å². The minimum atomic E-state index is -0.369. The van der Waals surface area contributed by atoms with Gasteiger partial charge < -0.3 is 9.84 Å². The highest BCUT2D eigenvalue weighted by molar-refractivity contribution is 9.10. The molecule has 1 aliphatic rings. The highest BCUT2D eigenvalue weighted by Crippen LogP contribution is 2.37. The topological polar surface area (TPSA) is 29.5 Å². The Morgan fingerprint density at radius 1 is 1.50 bits per heavy atom. The number of fused-ring (bicyclic) bond motifs is 1. The minimum Gasteiger partial charge on any atom is -0.492 e. The van der Waals surface area contributed by atoms with Crippen LogP contribution in [0, 0.1) is 0 Å². The largest absolute Gasteiger partial charge is 0.492 e. The van der Waals surface area contributed by atoms with Crippen molar-refractivity contribution >= 4 is 15.9 Å². The maximum atomic E-state index is 9.58. The van der Waals surface area contributed by atoms with Gasteiger partial charge in [-0.2, -0.15) is 0 Å². The lowest BCUT2D eigenvalue weighted by Crippen LogP contribution is -2.13. The minimum absolute atomic E-state index is 0.369. The van der Waals surface area contributed by atoms with Crippen LogP contribution in [0.15, 0.2) is 22.7 Å². The first kappa shape index (κ1) is 8.08. The van der Waals surface area contributed by atoms with Gasteiger partial charge in [-0.3, -0.25) is 0 Å². The zero-order valence-corrected chi connectivity index (χ0v) is 8.04. The standard InChI is InChI=1S/C9H9BrO2/c10-7-3-1-2-6-8(11)4-5-12-9(6)7/h1-3,8,11H,4-5H2/t8-/m1/s1. The molecule has 0 fully saturated rings. The fraction of sp³-hybridized carbons (Fsp3) is 0.333. The molecule has 1 atom stereocenters. The van der Waals surface area contributed by atoms with E-state index in [1.807, 2.05) is 18.2 Å². The molecular weight excluding hydrogens is 220 g/mol. The van der Waals surface area contributed by atoms with E-state index in [0.29, 0.717) is 13.0 Å². The number of hydrogen-bond acceptors (Lipinski definition) is 2. The third-order valence-corrected chi connectivity index (χ3v) is 2.62. The number of ether oxygens (including phenoxy) is 1. The van der Waals surface area contributed by atoms with Crippen molar-refractivity contribution < 1.29 is 9.84 Å². The van der Waals surface area contributed by atoms with Crippen LogP contribution in [-0.2, 0) is 0 Å².